The number of nitrogens with zero attached hydrogens (tertiary/aromatic N) is 1. The van der Waals surface area contributed by atoms with Gasteiger partial charge in [-0.2, -0.15) is 0 Å². The summed E-state index contributed by atoms with van der Waals surface area (Å²) in [6.07, 6.45) is 8.66. The van der Waals surface area contributed by atoms with E-state index in [0.29, 0.717) is 0 Å². The van der Waals surface area contributed by atoms with Crippen LogP contribution in [0.1, 0.15) is 37.7 Å². The van der Waals surface area contributed by atoms with Crippen LogP contribution < -0.4 is 5.32 Å². The van der Waals surface area contributed by atoms with E-state index in [9.17, 15) is 0 Å². The van der Waals surface area contributed by atoms with Crippen LogP contribution in [0.25, 0.3) is 10.9 Å². The molecule has 0 aliphatic heterocycles. The van der Waals surface area contributed by atoms with E-state index in [1.165, 1.54) is 32.1 Å². The van der Waals surface area contributed by atoms with E-state index < -0.39 is 0 Å². The molecule has 1 aromatic carbocycles. The standard InChI is InChI=1S/C17H21ClN2/c1-12-10-15(18)17(14-8-5-9-19-16(12)14)20-11-13-6-3-2-4-7-13/h5,8-10,13,20H,2-4,6-7,11H2,1H3. The molecular formula is C17H21ClN2. The highest BCUT2D eigenvalue weighted by atomic mass is 35.5. The minimum absolute atomic E-state index is 0.785. The van der Waals surface area contributed by atoms with Gasteiger partial charge in [0, 0.05) is 18.1 Å². The average Bonchev–Trinajstić information content (AvgIpc) is 2.48. The first-order valence-electron chi connectivity index (χ1n) is 7.53. The van der Waals surface area contributed by atoms with E-state index in [-0.39, 0.29) is 0 Å². The largest absolute Gasteiger partial charge is 0.383 e. The molecule has 1 aliphatic carbocycles. The van der Waals surface area contributed by atoms with Crippen molar-refractivity contribution in [2.75, 3.05) is 11.9 Å². The maximum absolute atomic E-state index is 6.44. The van der Waals surface area contributed by atoms with Gasteiger partial charge >= 0.3 is 0 Å². The first-order chi connectivity index (χ1) is 9.75. The van der Waals surface area contributed by atoms with E-state index in [1.807, 2.05) is 18.3 Å². The molecule has 1 aromatic heterocycles. The lowest BCUT2D eigenvalue weighted by molar-refractivity contribution is 0.373. The minimum Gasteiger partial charge on any atom is -0.383 e. The van der Waals surface area contributed by atoms with Gasteiger partial charge in [-0.25, -0.2) is 0 Å². The summed E-state index contributed by atoms with van der Waals surface area (Å²) in [7, 11) is 0. The van der Waals surface area contributed by atoms with Crippen LogP contribution in [-0.2, 0) is 0 Å². The fourth-order valence-electron chi connectivity index (χ4n) is 3.20. The van der Waals surface area contributed by atoms with Gasteiger partial charge in [0.25, 0.3) is 0 Å². The zero-order chi connectivity index (χ0) is 13.9. The predicted octanol–water partition coefficient (Wildman–Crippen LogP) is 5.19. The first-order valence-corrected chi connectivity index (χ1v) is 7.91. The lowest BCUT2D eigenvalue weighted by Gasteiger charge is -2.23. The normalized spacial score (nSPS) is 16.5. The summed E-state index contributed by atoms with van der Waals surface area (Å²) in [5.41, 5.74) is 3.22. The van der Waals surface area contributed by atoms with Crippen molar-refractivity contribution in [2.24, 2.45) is 5.92 Å². The molecule has 1 fully saturated rings. The van der Waals surface area contributed by atoms with Gasteiger partial charge in [-0.3, -0.25) is 4.98 Å². The number of nitrogens with one attached hydrogen (secondary N) is 1. The molecule has 3 rings (SSSR count). The Kier molecular flexibility index (Phi) is 4.11. The van der Waals surface area contributed by atoms with Crippen molar-refractivity contribution in [3.8, 4) is 0 Å². The summed E-state index contributed by atoms with van der Waals surface area (Å²) in [6, 6.07) is 6.09. The Bertz CT molecular complexity index is 603. The van der Waals surface area contributed by atoms with Crippen molar-refractivity contribution in [3.05, 3.63) is 35.0 Å². The summed E-state index contributed by atoms with van der Waals surface area (Å²) >= 11 is 6.44. The molecule has 1 aliphatic rings. The Balaban J connectivity index is 1.86. The van der Waals surface area contributed by atoms with Gasteiger partial charge in [0.1, 0.15) is 0 Å². The Labute approximate surface area is 125 Å². The molecule has 0 atom stereocenters. The molecule has 20 heavy (non-hydrogen) atoms. The van der Waals surface area contributed by atoms with Gasteiger partial charge in [0.2, 0.25) is 0 Å². The third-order valence-corrected chi connectivity index (χ3v) is 4.62. The molecule has 1 heterocycles. The van der Waals surface area contributed by atoms with Crippen LogP contribution in [0.5, 0.6) is 0 Å². The molecule has 0 saturated heterocycles. The second kappa shape index (κ2) is 6.01. The van der Waals surface area contributed by atoms with Crippen molar-refractivity contribution in [3.63, 3.8) is 0 Å². The average molecular weight is 289 g/mol. The Morgan fingerprint density at radius 1 is 1.30 bits per heavy atom. The van der Waals surface area contributed by atoms with E-state index in [2.05, 4.69) is 23.3 Å². The molecule has 0 radical (unpaired) electrons. The van der Waals surface area contributed by atoms with Gasteiger partial charge in [-0.15, -0.1) is 0 Å². The molecule has 0 unspecified atom stereocenters. The lowest BCUT2D eigenvalue weighted by atomic mass is 9.89. The van der Waals surface area contributed by atoms with Crippen LogP contribution in [0, 0.1) is 12.8 Å². The molecule has 2 aromatic rings. The number of fused-ring (bicyclic) bond motifs is 1. The molecule has 1 N–H and O–H groups in total. The number of aromatic nitrogens is 1. The number of anilines is 1. The number of hydrogen-bond donors (Lipinski definition) is 1. The number of rotatable bonds is 3. The van der Waals surface area contributed by atoms with E-state index in [0.717, 1.165) is 39.6 Å². The van der Waals surface area contributed by atoms with Crippen LogP contribution >= 0.6 is 11.6 Å². The fourth-order valence-corrected chi connectivity index (χ4v) is 3.53. The van der Waals surface area contributed by atoms with Crippen LogP contribution in [0.2, 0.25) is 5.02 Å². The van der Waals surface area contributed by atoms with Gasteiger partial charge in [0.15, 0.2) is 0 Å². The van der Waals surface area contributed by atoms with Crippen molar-refractivity contribution >= 4 is 28.2 Å². The maximum atomic E-state index is 6.44. The molecule has 0 spiro atoms. The van der Waals surface area contributed by atoms with Crippen molar-refractivity contribution < 1.29 is 0 Å². The highest BCUT2D eigenvalue weighted by Crippen LogP contribution is 2.33. The number of benzene rings is 1. The highest BCUT2D eigenvalue weighted by Gasteiger charge is 2.15. The third kappa shape index (κ3) is 2.76. The van der Waals surface area contributed by atoms with Gasteiger partial charge in [-0.05, 0) is 49.4 Å². The number of aryl methyl sites for hydroxylation is 1. The molecule has 0 bridgehead atoms. The summed E-state index contributed by atoms with van der Waals surface area (Å²) in [4.78, 5) is 4.48. The van der Waals surface area contributed by atoms with Gasteiger partial charge < -0.3 is 5.32 Å². The molecule has 2 nitrogen and oxygen atoms in total. The van der Waals surface area contributed by atoms with Crippen molar-refractivity contribution in [1.82, 2.24) is 4.98 Å². The zero-order valence-corrected chi connectivity index (χ0v) is 12.7. The topological polar surface area (TPSA) is 24.9 Å². The predicted molar refractivity (Wildman–Crippen MR) is 86.6 cm³/mol. The van der Waals surface area contributed by atoms with Gasteiger partial charge in [-0.1, -0.05) is 30.9 Å². The molecule has 1 saturated carbocycles. The van der Waals surface area contributed by atoms with Crippen molar-refractivity contribution in [2.45, 2.75) is 39.0 Å². The molecule has 0 amide bonds. The molecule has 106 valence electrons. The van der Waals surface area contributed by atoms with Crippen LogP contribution in [-0.4, -0.2) is 11.5 Å². The first kappa shape index (κ1) is 13.7. The zero-order valence-electron chi connectivity index (χ0n) is 12.0. The minimum atomic E-state index is 0.785. The third-order valence-electron chi connectivity index (χ3n) is 4.32. The van der Waals surface area contributed by atoms with Crippen LogP contribution in [0.3, 0.4) is 0 Å². The quantitative estimate of drug-likeness (QED) is 0.841. The number of halogens is 1. The van der Waals surface area contributed by atoms with E-state index >= 15 is 0 Å². The number of hydrogen-bond acceptors (Lipinski definition) is 2. The van der Waals surface area contributed by atoms with Crippen molar-refractivity contribution in [1.29, 1.82) is 0 Å². The van der Waals surface area contributed by atoms with Gasteiger partial charge in [0.05, 0.1) is 16.2 Å². The second-order valence-corrected chi connectivity index (χ2v) is 6.24. The van der Waals surface area contributed by atoms with E-state index in [4.69, 9.17) is 11.6 Å². The highest BCUT2D eigenvalue weighted by molar-refractivity contribution is 6.35. The summed E-state index contributed by atoms with van der Waals surface area (Å²) in [5.74, 6) is 0.785. The summed E-state index contributed by atoms with van der Waals surface area (Å²) < 4.78 is 0. The summed E-state index contributed by atoms with van der Waals surface area (Å²) in [6.45, 7) is 3.08. The monoisotopic (exact) mass is 288 g/mol. The summed E-state index contributed by atoms with van der Waals surface area (Å²) in [5, 5.41) is 5.52. The lowest BCUT2D eigenvalue weighted by Crippen LogP contribution is -2.17. The smallest absolute Gasteiger partial charge is 0.0752 e. The Morgan fingerprint density at radius 3 is 2.90 bits per heavy atom. The fraction of sp³-hybridized carbons (Fsp3) is 0.471. The maximum Gasteiger partial charge on any atom is 0.0752 e. The van der Waals surface area contributed by atoms with Crippen LogP contribution in [0.4, 0.5) is 5.69 Å². The SMILES string of the molecule is Cc1cc(Cl)c(NCC2CCCCC2)c2cccnc12. The molecular weight excluding hydrogens is 268 g/mol. The number of pyridine rings is 1. The molecule has 3 heteroatoms. The second-order valence-electron chi connectivity index (χ2n) is 5.83. The Hall–Kier alpha value is -1.28. The van der Waals surface area contributed by atoms with E-state index in [1.54, 1.807) is 0 Å². The van der Waals surface area contributed by atoms with Crippen LogP contribution in [0.15, 0.2) is 24.4 Å². The Morgan fingerprint density at radius 2 is 2.10 bits per heavy atom.